The van der Waals surface area contributed by atoms with Crippen LogP contribution in [0.4, 0.5) is 0 Å². The average molecular weight is 468 g/mol. The summed E-state index contributed by atoms with van der Waals surface area (Å²) in [6, 6.07) is 10.6. The highest BCUT2D eigenvalue weighted by Gasteiger charge is 2.42. The number of esters is 1. The van der Waals surface area contributed by atoms with E-state index in [0.29, 0.717) is 40.9 Å². The first-order valence-corrected chi connectivity index (χ1v) is 11.4. The molecule has 1 N–H and O–H groups in total. The van der Waals surface area contributed by atoms with Crippen LogP contribution in [0.5, 0.6) is 5.75 Å². The van der Waals surface area contributed by atoms with E-state index in [1.807, 2.05) is 41.5 Å². The zero-order chi connectivity index (χ0) is 23.4. The predicted molar refractivity (Wildman–Crippen MR) is 125 cm³/mol. The summed E-state index contributed by atoms with van der Waals surface area (Å²) in [6.45, 7) is 2.25. The molecule has 0 saturated heterocycles. The Morgan fingerprint density at radius 3 is 2.73 bits per heavy atom. The van der Waals surface area contributed by atoms with Gasteiger partial charge in [-0.2, -0.15) is 0 Å². The predicted octanol–water partition coefficient (Wildman–Crippen LogP) is 4.13. The van der Waals surface area contributed by atoms with Gasteiger partial charge in [0.15, 0.2) is 5.17 Å². The van der Waals surface area contributed by atoms with Crippen LogP contribution < -0.4 is 10.1 Å². The fraction of sp³-hybridized carbons (Fsp3) is 0.292. The summed E-state index contributed by atoms with van der Waals surface area (Å²) in [5, 5.41) is 5.49. The first-order valence-electron chi connectivity index (χ1n) is 10.5. The highest BCUT2D eigenvalue weighted by atomic mass is 32.2. The van der Waals surface area contributed by atoms with Crippen molar-refractivity contribution in [2.75, 3.05) is 14.2 Å². The van der Waals surface area contributed by atoms with E-state index in [-0.39, 0.29) is 12.3 Å². The summed E-state index contributed by atoms with van der Waals surface area (Å²) in [7, 11) is 2.95. The van der Waals surface area contributed by atoms with Crippen molar-refractivity contribution in [1.82, 2.24) is 10.2 Å². The van der Waals surface area contributed by atoms with Gasteiger partial charge in [-0.25, -0.2) is 9.79 Å². The molecule has 0 unspecified atom stereocenters. The van der Waals surface area contributed by atoms with E-state index in [1.165, 1.54) is 18.9 Å². The molecule has 1 aromatic carbocycles. The quantitative estimate of drug-likeness (QED) is 0.584. The second-order valence-electron chi connectivity index (χ2n) is 7.37. The molecule has 0 bridgehead atoms. The van der Waals surface area contributed by atoms with Crippen LogP contribution in [0.25, 0.3) is 0 Å². The topological polar surface area (TPSA) is 93.4 Å². The van der Waals surface area contributed by atoms with Crippen LogP contribution in [0.2, 0.25) is 0 Å². The molecule has 0 saturated carbocycles. The number of nitrogens with one attached hydrogen (secondary N) is 1. The van der Waals surface area contributed by atoms with Crippen molar-refractivity contribution in [3.05, 3.63) is 76.4 Å². The molecule has 2 aromatic rings. The van der Waals surface area contributed by atoms with Gasteiger partial charge in [-0.05, 0) is 30.0 Å². The van der Waals surface area contributed by atoms with Gasteiger partial charge in [0.2, 0.25) is 5.91 Å². The number of para-hydroxylation sites is 1. The number of carbonyl (C=O) groups excluding carboxylic acids is 2. The fourth-order valence-electron chi connectivity index (χ4n) is 3.92. The molecule has 1 atom stereocenters. The Labute approximate surface area is 196 Å². The lowest BCUT2D eigenvalue weighted by Crippen LogP contribution is -2.38. The second kappa shape index (κ2) is 9.99. The van der Waals surface area contributed by atoms with Crippen molar-refractivity contribution in [3.63, 3.8) is 0 Å². The lowest BCUT2D eigenvalue weighted by molar-refractivity contribution is -0.136. The Balaban J connectivity index is 1.69. The number of hydrogen-bond donors (Lipinski definition) is 1. The van der Waals surface area contributed by atoms with Crippen LogP contribution in [0.1, 0.15) is 37.1 Å². The van der Waals surface area contributed by atoms with E-state index >= 15 is 0 Å². The van der Waals surface area contributed by atoms with E-state index < -0.39 is 12.0 Å². The molecule has 172 valence electrons. The van der Waals surface area contributed by atoms with Crippen LogP contribution in [-0.4, -0.2) is 36.2 Å². The minimum Gasteiger partial charge on any atom is -0.496 e. The van der Waals surface area contributed by atoms with Gasteiger partial charge in [0.05, 0.1) is 50.8 Å². The average Bonchev–Trinajstić information content (AvgIpc) is 3.51. The molecule has 0 radical (unpaired) electrons. The summed E-state index contributed by atoms with van der Waals surface area (Å²) in [5.74, 6) is 0.695. The van der Waals surface area contributed by atoms with Gasteiger partial charge < -0.3 is 24.1 Å². The standard InChI is InChI=1S/C24H25N3O5S/c1-4-18-21(23(29)31-3)22(17-9-5-6-10-19(17)30-2)27-15(14-33-24(27)26-18)12-20(28)25-13-16-8-7-11-32-16/h5-11,14,22H,4,12-13H2,1-3H3,(H,25,28)/t22-/m1/s1. The van der Waals surface area contributed by atoms with E-state index in [4.69, 9.17) is 18.9 Å². The third-order valence-corrected chi connectivity index (χ3v) is 6.33. The zero-order valence-electron chi connectivity index (χ0n) is 18.7. The molecular formula is C24H25N3O5S. The third-order valence-electron chi connectivity index (χ3n) is 5.44. The summed E-state index contributed by atoms with van der Waals surface area (Å²) >= 11 is 1.43. The molecule has 2 aliphatic rings. The number of ether oxygens (including phenoxy) is 2. The maximum atomic E-state index is 12.9. The maximum absolute atomic E-state index is 12.9. The van der Waals surface area contributed by atoms with E-state index in [0.717, 1.165) is 11.3 Å². The molecular weight excluding hydrogens is 442 g/mol. The number of benzene rings is 1. The van der Waals surface area contributed by atoms with Crippen molar-refractivity contribution in [2.45, 2.75) is 32.4 Å². The molecule has 1 aromatic heterocycles. The van der Waals surface area contributed by atoms with Crippen molar-refractivity contribution >= 4 is 28.8 Å². The van der Waals surface area contributed by atoms with Crippen molar-refractivity contribution in [2.24, 2.45) is 4.99 Å². The SMILES string of the molecule is CCC1=C(C(=O)OC)[C@@H](c2ccccc2OC)N2C(CC(=O)NCc3ccco3)=CSC2=N1. The lowest BCUT2D eigenvalue weighted by atomic mass is 9.92. The van der Waals surface area contributed by atoms with Crippen LogP contribution >= 0.6 is 11.8 Å². The number of fused-ring (bicyclic) bond motifs is 1. The van der Waals surface area contributed by atoms with E-state index in [2.05, 4.69) is 5.32 Å². The van der Waals surface area contributed by atoms with Crippen LogP contribution in [0, 0.1) is 0 Å². The molecule has 0 spiro atoms. The van der Waals surface area contributed by atoms with Crippen LogP contribution in [0.3, 0.4) is 0 Å². The summed E-state index contributed by atoms with van der Waals surface area (Å²) < 4.78 is 16.0. The third kappa shape index (κ3) is 4.54. The Kier molecular flexibility index (Phi) is 6.88. The molecule has 1 amide bonds. The number of amides is 1. The zero-order valence-corrected chi connectivity index (χ0v) is 19.5. The molecule has 0 aliphatic carbocycles. The van der Waals surface area contributed by atoms with Gasteiger partial charge in [-0.3, -0.25) is 4.79 Å². The van der Waals surface area contributed by atoms with Gasteiger partial charge in [-0.1, -0.05) is 36.9 Å². The Morgan fingerprint density at radius 1 is 1.21 bits per heavy atom. The first kappa shape index (κ1) is 22.7. The van der Waals surface area contributed by atoms with Crippen molar-refractivity contribution in [1.29, 1.82) is 0 Å². The monoisotopic (exact) mass is 467 g/mol. The normalized spacial score (nSPS) is 17.3. The van der Waals surface area contributed by atoms with Gasteiger partial charge in [0.25, 0.3) is 0 Å². The number of allylic oxidation sites excluding steroid dienone is 1. The van der Waals surface area contributed by atoms with Gasteiger partial charge >= 0.3 is 5.97 Å². The van der Waals surface area contributed by atoms with Gasteiger partial charge in [0, 0.05) is 11.3 Å². The maximum Gasteiger partial charge on any atom is 0.338 e. The molecule has 9 heteroatoms. The van der Waals surface area contributed by atoms with E-state index in [1.54, 1.807) is 25.5 Å². The molecule has 33 heavy (non-hydrogen) atoms. The highest BCUT2D eigenvalue weighted by Crippen LogP contribution is 2.47. The van der Waals surface area contributed by atoms with Gasteiger partial charge in [-0.15, -0.1) is 0 Å². The number of nitrogens with zero attached hydrogens (tertiary/aromatic N) is 2. The number of methoxy groups -OCH3 is 2. The molecule has 3 heterocycles. The van der Waals surface area contributed by atoms with Gasteiger partial charge in [0.1, 0.15) is 11.5 Å². The fourth-order valence-corrected chi connectivity index (χ4v) is 4.86. The molecule has 8 nitrogen and oxygen atoms in total. The Bertz CT molecular complexity index is 1140. The van der Waals surface area contributed by atoms with Crippen LogP contribution in [0.15, 0.2) is 74.4 Å². The van der Waals surface area contributed by atoms with Crippen molar-refractivity contribution in [3.8, 4) is 5.75 Å². The molecule has 2 aliphatic heterocycles. The number of carbonyl (C=O) groups is 2. The largest absolute Gasteiger partial charge is 0.496 e. The number of furan rings is 1. The number of thioether (sulfide) groups is 1. The summed E-state index contributed by atoms with van der Waals surface area (Å²) in [6.07, 6.45) is 2.25. The van der Waals surface area contributed by atoms with Crippen molar-refractivity contribution < 1.29 is 23.5 Å². The number of amidine groups is 1. The highest BCUT2D eigenvalue weighted by molar-refractivity contribution is 8.16. The first-order chi connectivity index (χ1) is 16.1. The second-order valence-corrected chi connectivity index (χ2v) is 8.21. The summed E-state index contributed by atoms with van der Waals surface area (Å²) in [5.41, 5.74) is 2.64. The minimum atomic E-state index is -0.532. The molecule has 4 rings (SSSR count). The number of rotatable bonds is 8. The Hall–Kier alpha value is -3.46. The van der Waals surface area contributed by atoms with Crippen LogP contribution in [-0.2, 0) is 20.9 Å². The number of hydrogen-bond acceptors (Lipinski definition) is 8. The number of aliphatic imine (C=N–C) groups is 1. The Morgan fingerprint density at radius 2 is 2.03 bits per heavy atom. The molecule has 0 fully saturated rings. The smallest absolute Gasteiger partial charge is 0.338 e. The minimum absolute atomic E-state index is 0.119. The van der Waals surface area contributed by atoms with E-state index in [9.17, 15) is 9.59 Å². The lowest BCUT2D eigenvalue weighted by Gasteiger charge is -2.37. The summed E-state index contributed by atoms with van der Waals surface area (Å²) in [4.78, 5) is 32.3.